The molecule has 0 spiro atoms. The van der Waals surface area contributed by atoms with E-state index in [4.69, 9.17) is 49.5 Å². The van der Waals surface area contributed by atoms with Crippen molar-refractivity contribution in [1.29, 1.82) is 0 Å². The fourth-order valence-corrected chi connectivity index (χ4v) is 17.1. The van der Waals surface area contributed by atoms with Crippen LogP contribution in [0.25, 0.3) is 0 Å². The summed E-state index contributed by atoms with van der Waals surface area (Å²) < 4.78 is 67.1. The Balaban J connectivity index is 1.11. The maximum absolute atomic E-state index is 16.1. The summed E-state index contributed by atoms with van der Waals surface area (Å²) in [5, 5.41) is 72.5. The number of hydrogen-bond donors (Lipinski definition) is 6. The maximum atomic E-state index is 16.1. The lowest BCUT2D eigenvalue weighted by atomic mass is 9.46. The maximum Gasteiger partial charge on any atom is 0.338 e. The zero-order valence-corrected chi connectivity index (χ0v) is 54.8. The third-order valence-corrected chi connectivity index (χ3v) is 22.9. The number of aliphatic hydroxyl groups excluding tert-OH is 3. The second-order valence-corrected chi connectivity index (χ2v) is 29.1. The second kappa shape index (κ2) is 26.5. The van der Waals surface area contributed by atoms with E-state index in [0.29, 0.717) is 19.4 Å². The molecule has 0 aromatic rings. The van der Waals surface area contributed by atoms with Crippen molar-refractivity contribution in [2.75, 3.05) is 41.4 Å². The van der Waals surface area contributed by atoms with Gasteiger partial charge in [0, 0.05) is 62.1 Å². The van der Waals surface area contributed by atoms with Crippen LogP contribution in [0.5, 0.6) is 0 Å². The number of nitrogens with zero attached hydrogens (tertiary/aromatic N) is 2. The normalized spacial score (nSPS) is 48.1. The highest BCUT2D eigenvalue weighted by atomic mass is 35.5. The van der Waals surface area contributed by atoms with Gasteiger partial charge in [0.2, 0.25) is 0 Å². The number of esters is 3. The van der Waals surface area contributed by atoms with Crippen molar-refractivity contribution >= 4 is 35.3 Å². The molecule has 6 N–H and O–H groups in total. The molecule has 86 heavy (non-hydrogen) atoms. The van der Waals surface area contributed by atoms with E-state index in [1.807, 2.05) is 37.7 Å². The number of fused-ring (bicyclic) bond motifs is 5. The highest BCUT2D eigenvalue weighted by Crippen LogP contribution is 2.72. The standard InChI is InChI=1S/C64H104ClFN2O18/c1-18-47-62(13,77)52(72)38(7)68(16)32-33(2)29-60(11,76)54(36(5)50(37(6)55(74)83-47)85-49-31-61(12,79-17)53(73)39(8)82-49)86-56-51(45(67(14)15)26-35(4)81-56)84-48(71)21-19-20-24-80-57(75)64(78)34(3)25-41-42-28-44(66)43-27-40(69)22-23-58(43,9)63(42,65)46(70)30-59(41,64)10/h22-23,33-39,41-42,45-47,49-54,56,70,72-73,76-78H,18-21,24-32H2,1-17H3/t33-,34-,35-,36+,37-,38-,39?,41?,42?,45-,46+,47-,49-,50+,51?,52-,53-,54-,56+,58+,59+,60-,61+,62-,63+,64+/m1/s1. The highest BCUT2D eigenvalue weighted by molar-refractivity contribution is 6.26. The topological polar surface area (TPSA) is 270 Å². The molecule has 26 atom stereocenters. The zero-order valence-electron chi connectivity index (χ0n) is 54.0. The summed E-state index contributed by atoms with van der Waals surface area (Å²) in [6.45, 7) is 22.7. The van der Waals surface area contributed by atoms with Crippen molar-refractivity contribution in [2.45, 2.75) is 268 Å². The van der Waals surface area contributed by atoms with Gasteiger partial charge in [-0.1, -0.05) is 47.6 Å². The Hall–Kier alpha value is -2.74. The monoisotopic (exact) mass is 1240 g/mol. The Bertz CT molecular complexity index is 2500. The Labute approximate surface area is 514 Å². The number of carbonyl (C=O) groups excluding carboxylic acids is 4. The first-order valence-electron chi connectivity index (χ1n) is 31.4. The first-order chi connectivity index (χ1) is 39.8. The summed E-state index contributed by atoms with van der Waals surface area (Å²) in [5.74, 6) is -7.11. The van der Waals surface area contributed by atoms with Gasteiger partial charge in [0.25, 0.3) is 0 Å². The molecule has 0 radical (unpaired) electrons. The minimum Gasteiger partial charge on any atom is -0.464 e. The number of likely N-dealkylation sites (N-methyl/N-ethyl adjacent to an activating group) is 2. The average Bonchev–Trinajstić information content (AvgIpc) is 1.30. The van der Waals surface area contributed by atoms with Crippen LogP contribution in [0.4, 0.5) is 4.39 Å². The van der Waals surface area contributed by atoms with Crippen LogP contribution in [0.15, 0.2) is 23.6 Å². The number of methoxy groups -OCH3 is 1. The molecule has 4 unspecified atom stereocenters. The summed E-state index contributed by atoms with van der Waals surface area (Å²) in [4.78, 5) is 57.9. The van der Waals surface area contributed by atoms with Crippen molar-refractivity contribution < 1.29 is 92.1 Å². The molecule has 7 rings (SSSR count). The van der Waals surface area contributed by atoms with Gasteiger partial charge in [0.05, 0.1) is 65.2 Å². The van der Waals surface area contributed by atoms with Crippen molar-refractivity contribution in [3.05, 3.63) is 23.6 Å². The van der Waals surface area contributed by atoms with Crippen LogP contribution < -0.4 is 0 Å². The number of unbranched alkanes of at least 4 members (excludes halogenated alkanes) is 1. The number of alkyl halides is 1. The molecule has 3 aliphatic heterocycles. The Morgan fingerprint density at radius 1 is 0.884 bits per heavy atom. The number of carbonyl (C=O) groups is 4. The Kier molecular flexibility index (Phi) is 21.8. The van der Waals surface area contributed by atoms with E-state index in [1.54, 1.807) is 82.4 Å². The Morgan fingerprint density at radius 2 is 1.55 bits per heavy atom. The molecule has 5 fully saturated rings. The van der Waals surface area contributed by atoms with E-state index in [9.17, 15) is 49.8 Å². The molecular formula is C64H104ClFN2O18. The number of halogens is 2. The van der Waals surface area contributed by atoms with Gasteiger partial charge < -0.3 is 78.3 Å². The number of allylic oxidation sites excluding steroid dienone is 4. The third-order valence-electron chi connectivity index (χ3n) is 22.0. The van der Waals surface area contributed by atoms with Gasteiger partial charge in [0.1, 0.15) is 29.7 Å². The van der Waals surface area contributed by atoms with Gasteiger partial charge in [-0.15, -0.1) is 11.6 Å². The van der Waals surface area contributed by atoms with Crippen LogP contribution in [0.1, 0.15) is 161 Å². The molecule has 0 amide bonds. The molecular weight excluding hydrogens is 1140 g/mol. The van der Waals surface area contributed by atoms with Crippen LogP contribution in [-0.4, -0.2) is 212 Å². The van der Waals surface area contributed by atoms with Crippen LogP contribution in [0.2, 0.25) is 0 Å². The van der Waals surface area contributed by atoms with Gasteiger partial charge in [-0.05, 0) is 150 Å². The first-order valence-corrected chi connectivity index (χ1v) is 31.8. The van der Waals surface area contributed by atoms with Crippen LogP contribution in [0, 0.1) is 46.3 Å². The average molecular weight is 1240 g/mol. The lowest BCUT2D eigenvalue weighted by Crippen LogP contribution is -2.69. The molecule has 2 saturated carbocycles. The summed E-state index contributed by atoms with van der Waals surface area (Å²) >= 11 is 7.52. The number of ketones is 1. The smallest absolute Gasteiger partial charge is 0.338 e. The predicted octanol–water partition coefficient (Wildman–Crippen LogP) is 6.08. The van der Waals surface area contributed by atoms with E-state index in [-0.39, 0.29) is 81.7 Å². The van der Waals surface area contributed by atoms with Gasteiger partial charge in [-0.2, -0.15) is 0 Å². The van der Waals surface area contributed by atoms with Gasteiger partial charge in [-0.25, -0.2) is 9.18 Å². The molecule has 22 heteroatoms. The lowest BCUT2D eigenvalue weighted by Gasteiger charge is -2.63. The van der Waals surface area contributed by atoms with Crippen molar-refractivity contribution in [1.82, 2.24) is 9.80 Å². The van der Waals surface area contributed by atoms with Crippen molar-refractivity contribution in [2.24, 2.45) is 46.3 Å². The summed E-state index contributed by atoms with van der Waals surface area (Å²) in [5.41, 5.74) is -8.99. The lowest BCUT2D eigenvalue weighted by molar-refractivity contribution is -0.319. The second-order valence-electron chi connectivity index (χ2n) is 28.5. The molecule has 3 heterocycles. The van der Waals surface area contributed by atoms with Gasteiger partial charge >= 0.3 is 17.9 Å². The SMILES string of the molecule is CC[C@H]1OC(=O)[C@H](C)[C@@H](O[C@@H]2C[C@](C)(OC)[C@H](O)C(C)O2)[C@H](C)[C@@H](O[C@@H]2O[C@H](C)C[C@@H](N(C)C)C2OC(=O)CCCCOC(=O)[C@@]2(O)[C@H](C)CC3C4CC(F)=C5CC(=O)C=C[C@]5(C)[C@@]4(Cl)[C@@H](O)C[C@@]32C)[C@](C)(O)C[C@@H](C)CN(C)[C@H](C)[C@@H](O)[C@]1(C)O. The number of rotatable bonds is 14. The molecule has 4 aliphatic carbocycles. The third kappa shape index (κ3) is 12.9. The molecule has 0 aromatic heterocycles. The number of cyclic esters (lactones) is 1. The molecule has 7 aliphatic rings. The zero-order chi connectivity index (χ0) is 64.4. The molecule has 20 nitrogen and oxygen atoms in total. The fourth-order valence-electron chi connectivity index (χ4n) is 16.7. The predicted molar refractivity (Wildman–Crippen MR) is 316 cm³/mol. The Morgan fingerprint density at radius 3 is 2.17 bits per heavy atom. The van der Waals surface area contributed by atoms with E-state index < -0.39 is 171 Å². The van der Waals surface area contributed by atoms with Crippen molar-refractivity contribution in [3.8, 4) is 0 Å². The first kappa shape index (κ1) is 70.7. The minimum absolute atomic E-state index is 0.0458. The number of hydrogen-bond acceptors (Lipinski definition) is 20. The minimum atomic E-state index is -2.07. The summed E-state index contributed by atoms with van der Waals surface area (Å²) in [7, 11) is 6.98. The van der Waals surface area contributed by atoms with E-state index in [1.165, 1.54) is 20.1 Å². The van der Waals surface area contributed by atoms with Crippen LogP contribution in [0.3, 0.4) is 0 Å². The highest BCUT2D eigenvalue weighted by Gasteiger charge is 2.76. The van der Waals surface area contributed by atoms with E-state index in [2.05, 4.69) is 0 Å². The molecule has 0 bridgehead atoms. The quantitative estimate of drug-likeness (QED) is 0.0498. The van der Waals surface area contributed by atoms with E-state index >= 15 is 4.39 Å². The van der Waals surface area contributed by atoms with Gasteiger partial charge in [0.15, 0.2) is 30.1 Å². The summed E-state index contributed by atoms with van der Waals surface area (Å²) in [6.07, 6.45) is -7.86. The summed E-state index contributed by atoms with van der Waals surface area (Å²) in [6, 6.07) is -1.09. The number of aliphatic hydroxyl groups is 6. The largest absolute Gasteiger partial charge is 0.464 e. The van der Waals surface area contributed by atoms with Crippen molar-refractivity contribution in [3.63, 3.8) is 0 Å². The molecule has 492 valence electrons. The van der Waals surface area contributed by atoms with E-state index in [0.717, 1.165) is 0 Å². The van der Waals surface area contributed by atoms with Gasteiger partial charge in [-0.3, -0.25) is 14.4 Å². The molecule has 3 saturated heterocycles. The number of ether oxygens (including phenoxy) is 8. The molecule has 0 aromatic carbocycles. The fraction of sp³-hybridized carbons (Fsp3) is 0.875. The van der Waals surface area contributed by atoms with Crippen LogP contribution >= 0.6 is 11.6 Å². The van der Waals surface area contributed by atoms with Crippen LogP contribution in [-0.2, 0) is 57.1 Å².